The zero-order chi connectivity index (χ0) is 23.3. The van der Waals surface area contributed by atoms with Gasteiger partial charge in [0.1, 0.15) is 17.1 Å². The number of benzene rings is 2. The van der Waals surface area contributed by atoms with Crippen molar-refractivity contribution in [1.82, 2.24) is 9.80 Å². The van der Waals surface area contributed by atoms with Crippen LogP contribution in [-0.4, -0.2) is 60.8 Å². The van der Waals surface area contributed by atoms with Gasteiger partial charge in [-0.05, 0) is 68.8 Å². The zero-order valence-corrected chi connectivity index (χ0v) is 19.6. The second-order valence-corrected chi connectivity index (χ2v) is 9.09. The van der Waals surface area contributed by atoms with E-state index in [0.717, 1.165) is 18.7 Å². The van der Waals surface area contributed by atoms with Gasteiger partial charge >= 0.3 is 12.1 Å². The number of methoxy groups -OCH3 is 1. The van der Waals surface area contributed by atoms with E-state index in [1.54, 1.807) is 35.2 Å². The van der Waals surface area contributed by atoms with Crippen LogP contribution in [0.3, 0.4) is 0 Å². The predicted octanol–water partition coefficient (Wildman–Crippen LogP) is 4.97. The van der Waals surface area contributed by atoms with Crippen molar-refractivity contribution in [1.29, 1.82) is 0 Å². The van der Waals surface area contributed by atoms with Gasteiger partial charge in [-0.2, -0.15) is 0 Å². The van der Waals surface area contributed by atoms with E-state index in [1.807, 2.05) is 32.9 Å². The predicted molar refractivity (Wildman–Crippen MR) is 122 cm³/mol. The number of piperazine rings is 1. The number of nitrogens with zero attached hydrogens (tertiary/aromatic N) is 2. The number of hydrogen-bond acceptors (Lipinski definition) is 6. The van der Waals surface area contributed by atoms with E-state index >= 15 is 0 Å². The van der Waals surface area contributed by atoms with Crippen molar-refractivity contribution in [2.75, 3.05) is 33.3 Å². The molecule has 172 valence electrons. The largest absolute Gasteiger partial charge is 0.465 e. The summed E-state index contributed by atoms with van der Waals surface area (Å²) in [6, 6.07) is 12.3. The fourth-order valence-corrected chi connectivity index (χ4v) is 3.60. The number of carbonyl (C=O) groups is 2. The highest BCUT2D eigenvalue weighted by molar-refractivity contribution is 6.30. The molecule has 0 aliphatic carbocycles. The summed E-state index contributed by atoms with van der Waals surface area (Å²) in [6.45, 7) is 9.03. The van der Waals surface area contributed by atoms with Crippen molar-refractivity contribution in [2.45, 2.75) is 32.9 Å². The van der Waals surface area contributed by atoms with Crippen LogP contribution < -0.4 is 4.74 Å². The third kappa shape index (κ3) is 6.87. The Morgan fingerprint density at radius 2 is 1.62 bits per heavy atom. The van der Waals surface area contributed by atoms with Crippen molar-refractivity contribution in [3.05, 3.63) is 58.6 Å². The molecule has 2 aromatic carbocycles. The van der Waals surface area contributed by atoms with Crippen LogP contribution >= 0.6 is 11.6 Å². The molecule has 3 rings (SSSR count). The number of hydrogen-bond donors (Lipinski definition) is 0. The van der Waals surface area contributed by atoms with E-state index in [1.165, 1.54) is 7.11 Å². The van der Waals surface area contributed by atoms with Crippen LogP contribution in [-0.2, 0) is 16.0 Å². The Morgan fingerprint density at radius 3 is 2.22 bits per heavy atom. The summed E-state index contributed by atoms with van der Waals surface area (Å²) in [5.74, 6) is 0.816. The summed E-state index contributed by atoms with van der Waals surface area (Å²) >= 11 is 6.32. The topological polar surface area (TPSA) is 68.3 Å². The van der Waals surface area contributed by atoms with Crippen molar-refractivity contribution >= 4 is 23.7 Å². The molecule has 0 spiro atoms. The maximum Gasteiger partial charge on any atom is 0.410 e. The summed E-state index contributed by atoms with van der Waals surface area (Å²) in [4.78, 5) is 27.8. The lowest BCUT2D eigenvalue weighted by Gasteiger charge is -2.35. The van der Waals surface area contributed by atoms with E-state index in [2.05, 4.69) is 4.90 Å². The summed E-state index contributed by atoms with van der Waals surface area (Å²) in [5.41, 5.74) is 0.979. The first-order valence-electron chi connectivity index (χ1n) is 10.5. The molecule has 0 unspecified atom stereocenters. The van der Waals surface area contributed by atoms with E-state index in [4.69, 9.17) is 25.8 Å². The molecule has 0 saturated carbocycles. The summed E-state index contributed by atoms with van der Waals surface area (Å²) < 4.78 is 16.1. The number of halogens is 1. The van der Waals surface area contributed by atoms with Crippen LogP contribution in [0.5, 0.6) is 11.5 Å². The normalized spacial score (nSPS) is 14.7. The van der Waals surface area contributed by atoms with Crippen LogP contribution in [0, 0.1) is 0 Å². The van der Waals surface area contributed by atoms with Gasteiger partial charge in [-0.15, -0.1) is 0 Å². The van der Waals surface area contributed by atoms with Crippen molar-refractivity contribution in [2.24, 2.45) is 0 Å². The van der Waals surface area contributed by atoms with Crippen LogP contribution in [0.1, 0.15) is 36.7 Å². The van der Waals surface area contributed by atoms with E-state index in [0.29, 0.717) is 41.7 Å². The maximum absolute atomic E-state index is 12.2. The number of amides is 1. The van der Waals surface area contributed by atoms with Crippen molar-refractivity contribution in [3.8, 4) is 11.5 Å². The lowest BCUT2D eigenvalue weighted by Crippen LogP contribution is -2.49. The minimum atomic E-state index is -0.495. The van der Waals surface area contributed by atoms with E-state index in [-0.39, 0.29) is 6.09 Å². The molecule has 8 heteroatoms. The van der Waals surface area contributed by atoms with Gasteiger partial charge in [0.2, 0.25) is 0 Å². The van der Waals surface area contributed by atoms with Gasteiger partial charge in [-0.3, -0.25) is 4.90 Å². The first kappa shape index (κ1) is 23.9. The Bertz CT molecular complexity index is 948. The Morgan fingerprint density at radius 1 is 0.969 bits per heavy atom. The standard InChI is InChI=1S/C24H29ClN2O5/c1-24(2,3)32-23(29)27-11-9-26(10-12-27)16-17-13-19(25)15-21(14-17)31-20-7-5-18(6-8-20)22(28)30-4/h5-8,13-15H,9-12,16H2,1-4H3. The summed E-state index contributed by atoms with van der Waals surface area (Å²) in [6.07, 6.45) is -0.270. The van der Waals surface area contributed by atoms with Gasteiger partial charge in [-0.25, -0.2) is 9.59 Å². The Hall–Kier alpha value is -2.77. The van der Waals surface area contributed by atoms with Gasteiger partial charge in [0.25, 0.3) is 0 Å². The molecule has 32 heavy (non-hydrogen) atoms. The molecule has 1 aliphatic rings. The first-order chi connectivity index (χ1) is 15.1. The average molecular weight is 461 g/mol. The lowest BCUT2D eigenvalue weighted by atomic mass is 10.1. The highest BCUT2D eigenvalue weighted by Gasteiger charge is 2.25. The Balaban J connectivity index is 1.58. The maximum atomic E-state index is 12.2. The fraction of sp³-hybridized carbons (Fsp3) is 0.417. The molecule has 1 aliphatic heterocycles. The third-order valence-electron chi connectivity index (χ3n) is 4.87. The molecule has 1 saturated heterocycles. The third-order valence-corrected chi connectivity index (χ3v) is 5.09. The Kier molecular flexibility index (Phi) is 7.64. The number of esters is 1. The van der Waals surface area contributed by atoms with E-state index < -0.39 is 11.6 Å². The van der Waals surface area contributed by atoms with E-state index in [9.17, 15) is 9.59 Å². The molecule has 0 bridgehead atoms. The summed E-state index contributed by atoms with van der Waals surface area (Å²) in [5, 5.41) is 0.580. The fourth-order valence-electron chi connectivity index (χ4n) is 3.36. The molecule has 1 amide bonds. The highest BCUT2D eigenvalue weighted by Crippen LogP contribution is 2.27. The quantitative estimate of drug-likeness (QED) is 0.587. The molecule has 0 N–H and O–H groups in total. The zero-order valence-electron chi connectivity index (χ0n) is 18.9. The minimum absolute atomic E-state index is 0.270. The number of rotatable bonds is 5. The van der Waals surface area contributed by atoms with Gasteiger partial charge < -0.3 is 19.1 Å². The van der Waals surface area contributed by atoms with Crippen molar-refractivity contribution < 1.29 is 23.8 Å². The second-order valence-electron chi connectivity index (χ2n) is 8.66. The van der Waals surface area contributed by atoms with Gasteiger partial charge in [0, 0.05) is 37.7 Å². The van der Waals surface area contributed by atoms with Crippen LogP contribution in [0.2, 0.25) is 5.02 Å². The molecule has 0 radical (unpaired) electrons. The van der Waals surface area contributed by atoms with Crippen LogP contribution in [0.15, 0.2) is 42.5 Å². The minimum Gasteiger partial charge on any atom is -0.465 e. The molecular formula is C24H29ClN2O5. The molecule has 1 fully saturated rings. The summed E-state index contributed by atoms with van der Waals surface area (Å²) in [7, 11) is 1.34. The molecular weight excluding hydrogens is 432 g/mol. The lowest BCUT2D eigenvalue weighted by molar-refractivity contribution is 0.0139. The van der Waals surface area contributed by atoms with Crippen molar-refractivity contribution in [3.63, 3.8) is 0 Å². The number of ether oxygens (including phenoxy) is 3. The molecule has 7 nitrogen and oxygen atoms in total. The van der Waals surface area contributed by atoms with Crippen LogP contribution in [0.25, 0.3) is 0 Å². The van der Waals surface area contributed by atoms with Crippen LogP contribution in [0.4, 0.5) is 4.79 Å². The van der Waals surface area contributed by atoms with Gasteiger partial charge in [0.05, 0.1) is 12.7 Å². The smallest absolute Gasteiger partial charge is 0.410 e. The molecule has 0 aromatic heterocycles. The molecule has 2 aromatic rings. The Labute approximate surface area is 193 Å². The first-order valence-corrected chi connectivity index (χ1v) is 10.9. The highest BCUT2D eigenvalue weighted by atomic mass is 35.5. The monoisotopic (exact) mass is 460 g/mol. The SMILES string of the molecule is COC(=O)c1ccc(Oc2cc(Cl)cc(CN3CCN(C(=O)OC(C)(C)C)CC3)c2)cc1. The van der Waals surface area contributed by atoms with Gasteiger partial charge in [-0.1, -0.05) is 11.6 Å². The molecule has 1 heterocycles. The molecule has 0 atom stereocenters. The average Bonchev–Trinajstić information content (AvgIpc) is 2.72. The number of carbonyl (C=O) groups excluding carboxylic acids is 2. The second kappa shape index (κ2) is 10.2. The van der Waals surface area contributed by atoms with Gasteiger partial charge in [0.15, 0.2) is 0 Å².